The van der Waals surface area contributed by atoms with Gasteiger partial charge in [-0.05, 0) is 37.5 Å². The average Bonchev–Trinajstić information content (AvgIpc) is 2.23. The summed E-state index contributed by atoms with van der Waals surface area (Å²) in [6, 6.07) is 5.63. The van der Waals surface area contributed by atoms with Crippen molar-refractivity contribution >= 4 is 5.69 Å². The Labute approximate surface area is 105 Å². The van der Waals surface area contributed by atoms with E-state index >= 15 is 0 Å². The summed E-state index contributed by atoms with van der Waals surface area (Å²) in [5, 5.41) is 3.15. The minimum absolute atomic E-state index is 0.221. The molecule has 100 valence electrons. The molecule has 0 amide bonds. The SMILES string of the molecule is CC(CC1CCC1)Nc1cccc(C(F)(F)F)c1. The Balaban J connectivity index is 1.95. The minimum Gasteiger partial charge on any atom is -0.383 e. The van der Waals surface area contributed by atoms with Crippen LogP contribution < -0.4 is 5.32 Å². The second-order valence-corrected chi connectivity index (χ2v) is 5.16. The number of anilines is 1. The number of hydrogen-bond acceptors (Lipinski definition) is 1. The molecule has 1 fully saturated rings. The maximum Gasteiger partial charge on any atom is 0.416 e. The monoisotopic (exact) mass is 257 g/mol. The molecule has 1 aromatic rings. The molecule has 0 spiro atoms. The summed E-state index contributed by atoms with van der Waals surface area (Å²) in [5.41, 5.74) is -0.0417. The Morgan fingerprint density at radius 2 is 2.06 bits per heavy atom. The molecule has 0 bridgehead atoms. The Morgan fingerprint density at radius 3 is 2.61 bits per heavy atom. The van der Waals surface area contributed by atoms with Gasteiger partial charge in [-0.2, -0.15) is 13.2 Å². The van der Waals surface area contributed by atoms with Gasteiger partial charge in [-0.3, -0.25) is 0 Å². The number of benzene rings is 1. The Morgan fingerprint density at radius 1 is 1.33 bits per heavy atom. The number of hydrogen-bond donors (Lipinski definition) is 1. The van der Waals surface area contributed by atoms with Crippen molar-refractivity contribution < 1.29 is 13.2 Å². The fourth-order valence-electron chi connectivity index (χ4n) is 2.36. The van der Waals surface area contributed by atoms with Gasteiger partial charge in [0.1, 0.15) is 0 Å². The van der Waals surface area contributed by atoms with E-state index in [1.165, 1.54) is 31.4 Å². The summed E-state index contributed by atoms with van der Waals surface area (Å²) in [6.07, 6.45) is 0.579. The molecule has 18 heavy (non-hydrogen) atoms. The van der Waals surface area contributed by atoms with E-state index in [0.29, 0.717) is 5.69 Å². The smallest absolute Gasteiger partial charge is 0.383 e. The molecule has 1 saturated carbocycles. The highest BCUT2D eigenvalue weighted by Gasteiger charge is 2.30. The fourth-order valence-corrected chi connectivity index (χ4v) is 2.36. The molecule has 1 unspecified atom stereocenters. The molecule has 1 N–H and O–H groups in total. The lowest BCUT2D eigenvalue weighted by Gasteiger charge is -2.29. The van der Waals surface area contributed by atoms with Crippen molar-refractivity contribution in [1.82, 2.24) is 0 Å². The molecule has 0 saturated heterocycles. The number of halogens is 3. The van der Waals surface area contributed by atoms with E-state index < -0.39 is 11.7 Å². The summed E-state index contributed by atoms with van der Waals surface area (Å²) >= 11 is 0. The molecule has 1 aliphatic rings. The predicted molar refractivity (Wildman–Crippen MR) is 66.5 cm³/mol. The number of nitrogens with one attached hydrogen (secondary N) is 1. The van der Waals surface area contributed by atoms with Crippen molar-refractivity contribution in [2.75, 3.05) is 5.32 Å². The Hall–Kier alpha value is -1.19. The highest BCUT2D eigenvalue weighted by Crippen LogP contribution is 2.33. The van der Waals surface area contributed by atoms with E-state index in [1.54, 1.807) is 6.07 Å². The molecule has 1 nitrogen and oxygen atoms in total. The predicted octanol–water partition coefficient (Wildman–Crippen LogP) is 4.70. The van der Waals surface area contributed by atoms with Gasteiger partial charge >= 0.3 is 6.18 Å². The lowest BCUT2D eigenvalue weighted by molar-refractivity contribution is -0.137. The van der Waals surface area contributed by atoms with E-state index in [0.717, 1.165) is 18.4 Å². The van der Waals surface area contributed by atoms with Crippen LogP contribution >= 0.6 is 0 Å². The summed E-state index contributed by atoms with van der Waals surface area (Å²) in [6.45, 7) is 2.03. The third-order valence-corrected chi connectivity index (χ3v) is 3.51. The van der Waals surface area contributed by atoms with Crippen molar-refractivity contribution in [2.45, 2.75) is 44.8 Å². The van der Waals surface area contributed by atoms with Crippen LogP contribution in [-0.2, 0) is 6.18 Å². The lowest BCUT2D eigenvalue weighted by atomic mass is 9.81. The molecule has 0 radical (unpaired) electrons. The van der Waals surface area contributed by atoms with Gasteiger partial charge in [-0.25, -0.2) is 0 Å². The van der Waals surface area contributed by atoms with Gasteiger partial charge in [0.05, 0.1) is 5.56 Å². The second-order valence-electron chi connectivity index (χ2n) is 5.16. The summed E-state index contributed by atoms with van der Waals surface area (Å²) in [7, 11) is 0. The molecule has 4 heteroatoms. The van der Waals surface area contributed by atoms with Crippen molar-refractivity contribution in [3.63, 3.8) is 0 Å². The molecule has 2 rings (SSSR count). The van der Waals surface area contributed by atoms with Crippen LogP contribution in [0.25, 0.3) is 0 Å². The van der Waals surface area contributed by atoms with Gasteiger partial charge in [0.25, 0.3) is 0 Å². The maximum absolute atomic E-state index is 12.6. The van der Waals surface area contributed by atoms with Gasteiger partial charge < -0.3 is 5.32 Å². The lowest BCUT2D eigenvalue weighted by Crippen LogP contribution is -2.23. The van der Waals surface area contributed by atoms with Crippen LogP contribution in [0.15, 0.2) is 24.3 Å². The first kappa shape index (κ1) is 13.2. The largest absolute Gasteiger partial charge is 0.416 e. The van der Waals surface area contributed by atoms with Gasteiger partial charge in [-0.15, -0.1) is 0 Å². The topological polar surface area (TPSA) is 12.0 Å². The van der Waals surface area contributed by atoms with Crippen LogP contribution in [0.2, 0.25) is 0 Å². The third kappa shape index (κ3) is 3.40. The summed E-state index contributed by atoms with van der Waals surface area (Å²) in [5.74, 6) is 0.748. The van der Waals surface area contributed by atoms with Crippen molar-refractivity contribution in [3.8, 4) is 0 Å². The summed E-state index contributed by atoms with van der Waals surface area (Å²) < 4.78 is 37.7. The first-order valence-electron chi connectivity index (χ1n) is 6.39. The van der Waals surface area contributed by atoms with Crippen LogP contribution in [0.3, 0.4) is 0 Å². The number of rotatable bonds is 4. The number of alkyl halides is 3. The first-order chi connectivity index (χ1) is 8.45. The van der Waals surface area contributed by atoms with E-state index in [1.807, 2.05) is 6.92 Å². The van der Waals surface area contributed by atoms with Crippen LogP contribution in [-0.4, -0.2) is 6.04 Å². The zero-order valence-electron chi connectivity index (χ0n) is 10.4. The van der Waals surface area contributed by atoms with E-state index in [2.05, 4.69) is 5.32 Å². The van der Waals surface area contributed by atoms with E-state index in [-0.39, 0.29) is 6.04 Å². The van der Waals surface area contributed by atoms with Crippen LogP contribution in [0.4, 0.5) is 18.9 Å². The van der Waals surface area contributed by atoms with Gasteiger partial charge in [0, 0.05) is 11.7 Å². The average molecular weight is 257 g/mol. The third-order valence-electron chi connectivity index (χ3n) is 3.51. The molecule has 1 aliphatic carbocycles. The Bertz CT molecular complexity index is 396. The van der Waals surface area contributed by atoms with Gasteiger partial charge in [-0.1, -0.05) is 25.3 Å². The quantitative estimate of drug-likeness (QED) is 0.824. The van der Waals surface area contributed by atoms with Gasteiger partial charge in [0.2, 0.25) is 0 Å². The first-order valence-corrected chi connectivity index (χ1v) is 6.39. The molecule has 1 aromatic carbocycles. The Kier molecular flexibility index (Phi) is 3.83. The van der Waals surface area contributed by atoms with Crippen LogP contribution in [0, 0.1) is 5.92 Å². The second kappa shape index (κ2) is 5.21. The molecule has 0 aliphatic heterocycles. The standard InChI is InChI=1S/C14H18F3N/c1-10(8-11-4-2-5-11)18-13-7-3-6-12(9-13)14(15,16)17/h3,6-7,9-11,18H,2,4-5,8H2,1H3. The molecule has 0 heterocycles. The van der Waals surface area contributed by atoms with Crippen molar-refractivity contribution in [2.24, 2.45) is 5.92 Å². The molecular formula is C14H18F3N. The normalized spacial score (nSPS) is 18.2. The molecular weight excluding hydrogens is 239 g/mol. The van der Waals surface area contributed by atoms with Crippen molar-refractivity contribution in [3.05, 3.63) is 29.8 Å². The van der Waals surface area contributed by atoms with Crippen LogP contribution in [0.1, 0.15) is 38.2 Å². The minimum atomic E-state index is -4.27. The van der Waals surface area contributed by atoms with E-state index in [4.69, 9.17) is 0 Å². The van der Waals surface area contributed by atoms with E-state index in [9.17, 15) is 13.2 Å². The maximum atomic E-state index is 12.6. The zero-order chi connectivity index (χ0) is 13.2. The molecule has 1 atom stereocenters. The zero-order valence-corrected chi connectivity index (χ0v) is 10.4. The van der Waals surface area contributed by atoms with Crippen LogP contribution in [0.5, 0.6) is 0 Å². The highest BCUT2D eigenvalue weighted by atomic mass is 19.4. The highest BCUT2D eigenvalue weighted by molar-refractivity contribution is 5.47. The molecule has 0 aromatic heterocycles. The van der Waals surface area contributed by atoms with Gasteiger partial charge in [0.15, 0.2) is 0 Å². The summed E-state index contributed by atoms with van der Waals surface area (Å²) in [4.78, 5) is 0. The van der Waals surface area contributed by atoms with Crippen molar-refractivity contribution in [1.29, 1.82) is 0 Å². The fraction of sp³-hybridized carbons (Fsp3) is 0.571.